The largest absolute Gasteiger partial charge is 0.465 e. The molecule has 0 saturated carbocycles. The second-order valence-electron chi connectivity index (χ2n) is 5.10. The molecule has 0 aliphatic rings. The summed E-state index contributed by atoms with van der Waals surface area (Å²) in [6.45, 7) is 6.02. The molecule has 0 aliphatic carbocycles. The highest BCUT2D eigenvalue weighted by Crippen LogP contribution is 2.31. The van der Waals surface area contributed by atoms with E-state index in [4.69, 9.17) is 16.3 Å². The number of aromatic nitrogens is 1. The van der Waals surface area contributed by atoms with Crippen LogP contribution in [0.4, 0.5) is 0 Å². The van der Waals surface area contributed by atoms with Crippen molar-refractivity contribution >= 4 is 17.6 Å². The molecule has 1 aromatic heterocycles. The molecule has 0 fully saturated rings. The first-order chi connectivity index (χ1) is 10.5. The van der Waals surface area contributed by atoms with Crippen molar-refractivity contribution in [2.45, 2.75) is 33.6 Å². The average molecular weight is 318 g/mol. The number of hydrogen-bond acceptors (Lipinski definition) is 3. The van der Waals surface area contributed by atoms with E-state index in [2.05, 4.69) is 37.0 Å². The lowest BCUT2D eigenvalue weighted by atomic mass is 9.94. The monoisotopic (exact) mass is 317 g/mol. The standard InChI is InChI=1S/C18H20ClNO2/c1-5-12-8-7-9-13(6-2)17(12)15-10-14(19)16(11(3)20-15)18(21)22-4/h7-10H,5-6H2,1-4H3. The average Bonchev–Trinajstić information content (AvgIpc) is 2.52. The number of carbonyl (C=O) groups excluding carboxylic acids is 1. The van der Waals surface area contributed by atoms with Crippen molar-refractivity contribution in [3.63, 3.8) is 0 Å². The van der Waals surface area contributed by atoms with Gasteiger partial charge in [-0.25, -0.2) is 4.79 Å². The Labute approximate surface area is 136 Å². The maximum absolute atomic E-state index is 11.8. The van der Waals surface area contributed by atoms with Crippen molar-refractivity contribution in [3.8, 4) is 11.3 Å². The van der Waals surface area contributed by atoms with Gasteiger partial charge in [0.25, 0.3) is 0 Å². The minimum atomic E-state index is -0.457. The number of ether oxygens (including phenoxy) is 1. The van der Waals surface area contributed by atoms with Crippen LogP contribution in [0.2, 0.25) is 5.02 Å². The quantitative estimate of drug-likeness (QED) is 0.772. The van der Waals surface area contributed by atoms with Crippen LogP contribution in [0.5, 0.6) is 0 Å². The number of rotatable bonds is 4. The lowest BCUT2D eigenvalue weighted by Gasteiger charge is -2.15. The van der Waals surface area contributed by atoms with Crippen LogP contribution >= 0.6 is 11.6 Å². The van der Waals surface area contributed by atoms with Gasteiger partial charge in [0, 0.05) is 5.56 Å². The van der Waals surface area contributed by atoms with Crippen LogP contribution < -0.4 is 0 Å². The minimum Gasteiger partial charge on any atom is -0.465 e. The van der Waals surface area contributed by atoms with Gasteiger partial charge in [0.2, 0.25) is 0 Å². The summed E-state index contributed by atoms with van der Waals surface area (Å²) >= 11 is 6.31. The van der Waals surface area contributed by atoms with E-state index in [1.54, 1.807) is 13.0 Å². The van der Waals surface area contributed by atoms with Crippen molar-refractivity contribution < 1.29 is 9.53 Å². The van der Waals surface area contributed by atoms with Crippen LogP contribution in [0.25, 0.3) is 11.3 Å². The zero-order valence-electron chi connectivity index (χ0n) is 13.4. The summed E-state index contributed by atoms with van der Waals surface area (Å²) in [4.78, 5) is 16.4. The fourth-order valence-electron chi connectivity index (χ4n) is 2.68. The SMILES string of the molecule is CCc1cccc(CC)c1-c1cc(Cl)c(C(=O)OC)c(C)n1. The van der Waals surface area contributed by atoms with Crippen molar-refractivity contribution in [3.05, 3.63) is 51.7 Å². The Hall–Kier alpha value is -1.87. The highest BCUT2D eigenvalue weighted by molar-refractivity contribution is 6.34. The van der Waals surface area contributed by atoms with E-state index < -0.39 is 5.97 Å². The van der Waals surface area contributed by atoms with Crippen LogP contribution in [0.15, 0.2) is 24.3 Å². The Morgan fingerprint density at radius 3 is 2.27 bits per heavy atom. The Bertz CT molecular complexity index is 665. The van der Waals surface area contributed by atoms with Crippen LogP contribution in [-0.4, -0.2) is 18.1 Å². The van der Waals surface area contributed by atoms with Gasteiger partial charge in [-0.2, -0.15) is 0 Å². The molecule has 0 radical (unpaired) electrons. The first kappa shape index (κ1) is 16.5. The van der Waals surface area contributed by atoms with Gasteiger partial charge in [-0.15, -0.1) is 0 Å². The van der Waals surface area contributed by atoms with E-state index in [0.717, 1.165) is 24.1 Å². The van der Waals surface area contributed by atoms with Gasteiger partial charge in [-0.05, 0) is 37.0 Å². The second kappa shape index (κ2) is 6.93. The number of esters is 1. The summed E-state index contributed by atoms with van der Waals surface area (Å²) < 4.78 is 4.77. The molecule has 0 bridgehead atoms. The van der Waals surface area contributed by atoms with Gasteiger partial charge in [-0.1, -0.05) is 43.6 Å². The third-order valence-electron chi connectivity index (χ3n) is 3.80. The van der Waals surface area contributed by atoms with E-state index in [1.165, 1.54) is 18.2 Å². The van der Waals surface area contributed by atoms with Gasteiger partial charge in [0.15, 0.2) is 0 Å². The van der Waals surface area contributed by atoms with Crippen LogP contribution in [0.3, 0.4) is 0 Å². The van der Waals surface area contributed by atoms with Crippen molar-refractivity contribution in [1.82, 2.24) is 4.98 Å². The summed E-state index contributed by atoms with van der Waals surface area (Å²) in [5.41, 5.74) is 5.31. The minimum absolute atomic E-state index is 0.333. The first-order valence-electron chi connectivity index (χ1n) is 7.40. The smallest absolute Gasteiger partial charge is 0.341 e. The molecule has 3 nitrogen and oxygen atoms in total. The van der Waals surface area contributed by atoms with Crippen LogP contribution in [0, 0.1) is 6.92 Å². The molecule has 116 valence electrons. The fourth-order valence-corrected chi connectivity index (χ4v) is 3.00. The number of methoxy groups -OCH3 is 1. The van der Waals surface area contributed by atoms with Crippen molar-refractivity contribution in [1.29, 1.82) is 0 Å². The van der Waals surface area contributed by atoms with Gasteiger partial charge in [0.1, 0.15) is 0 Å². The van der Waals surface area contributed by atoms with E-state index in [0.29, 0.717) is 16.3 Å². The number of carbonyl (C=O) groups is 1. The Balaban J connectivity index is 2.67. The van der Waals surface area contributed by atoms with Crippen LogP contribution in [-0.2, 0) is 17.6 Å². The summed E-state index contributed by atoms with van der Waals surface area (Å²) in [5.74, 6) is -0.457. The molecule has 1 aromatic carbocycles. The maximum atomic E-state index is 11.8. The molecular formula is C18H20ClNO2. The Morgan fingerprint density at radius 2 is 1.82 bits per heavy atom. The second-order valence-corrected chi connectivity index (χ2v) is 5.51. The van der Waals surface area contributed by atoms with Crippen molar-refractivity contribution in [2.75, 3.05) is 7.11 Å². The number of halogens is 1. The molecule has 0 spiro atoms. The molecule has 1 heterocycles. The highest BCUT2D eigenvalue weighted by Gasteiger charge is 2.19. The van der Waals surface area contributed by atoms with Gasteiger partial charge in [-0.3, -0.25) is 4.98 Å². The van der Waals surface area contributed by atoms with E-state index in [9.17, 15) is 4.79 Å². The fraction of sp³-hybridized carbons (Fsp3) is 0.333. The predicted molar refractivity (Wildman–Crippen MR) is 89.5 cm³/mol. The Morgan fingerprint density at radius 1 is 1.23 bits per heavy atom. The maximum Gasteiger partial charge on any atom is 0.341 e. The van der Waals surface area contributed by atoms with E-state index in [-0.39, 0.29) is 0 Å². The van der Waals surface area contributed by atoms with E-state index >= 15 is 0 Å². The van der Waals surface area contributed by atoms with Crippen LogP contribution in [0.1, 0.15) is 41.0 Å². The Kier molecular flexibility index (Phi) is 5.19. The number of pyridine rings is 1. The molecule has 0 saturated heterocycles. The molecule has 2 aromatic rings. The third kappa shape index (κ3) is 3.00. The molecule has 0 aliphatic heterocycles. The lowest BCUT2D eigenvalue weighted by Crippen LogP contribution is -2.08. The zero-order valence-corrected chi connectivity index (χ0v) is 14.1. The first-order valence-corrected chi connectivity index (χ1v) is 7.77. The molecule has 0 N–H and O–H groups in total. The van der Waals surface area contributed by atoms with E-state index in [1.807, 2.05) is 0 Å². The number of hydrogen-bond donors (Lipinski definition) is 0. The third-order valence-corrected chi connectivity index (χ3v) is 4.09. The molecular weight excluding hydrogens is 298 g/mol. The van der Waals surface area contributed by atoms with Gasteiger partial charge < -0.3 is 4.74 Å². The topological polar surface area (TPSA) is 39.2 Å². The lowest BCUT2D eigenvalue weighted by molar-refractivity contribution is 0.0599. The normalized spacial score (nSPS) is 10.6. The number of benzene rings is 1. The molecule has 22 heavy (non-hydrogen) atoms. The highest BCUT2D eigenvalue weighted by atomic mass is 35.5. The number of nitrogens with zero attached hydrogens (tertiary/aromatic N) is 1. The zero-order chi connectivity index (χ0) is 16.3. The van der Waals surface area contributed by atoms with Gasteiger partial charge in [0.05, 0.1) is 29.1 Å². The summed E-state index contributed by atoms with van der Waals surface area (Å²) in [6, 6.07) is 8.04. The molecule has 4 heteroatoms. The summed E-state index contributed by atoms with van der Waals surface area (Å²) in [6.07, 6.45) is 1.83. The predicted octanol–water partition coefficient (Wildman–Crippen LogP) is 4.62. The molecule has 0 atom stereocenters. The summed E-state index contributed by atoms with van der Waals surface area (Å²) in [7, 11) is 1.34. The van der Waals surface area contributed by atoms with Gasteiger partial charge >= 0.3 is 5.97 Å². The van der Waals surface area contributed by atoms with Crippen molar-refractivity contribution in [2.24, 2.45) is 0 Å². The summed E-state index contributed by atoms with van der Waals surface area (Å²) in [5, 5.41) is 0.377. The number of aryl methyl sites for hydroxylation is 3. The molecule has 0 amide bonds. The molecule has 0 unspecified atom stereocenters. The molecule has 2 rings (SSSR count).